The second-order valence-corrected chi connectivity index (χ2v) is 5.38. The summed E-state index contributed by atoms with van der Waals surface area (Å²) < 4.78 is 5.56. The smallest absolute Gasteiger partial charge is 0.125 e. The Balaban J connectivity index is 2.91. The van der Waals surface area contributed by atoms with Gasteiger partial charge < -0.3 is 4.74 Å². The molecule has 0 saturated carbocycles. The van der Waals surface area contributed by atoms with Crippen molar-refractivity contribution in [2.75, 3.05) is 7.11 Å². The lowest BCUT2D eigenvalue weighted by atomic mass is 9.97. The van der Waals surface area contributed by atoms with Gasteiger partial charge in [0.15, 0.2) is 0 Å². The molecule has 0 bridgehead atoms. The quantitative estimate of drug-likeness (QED) is 0.672. The SMILES string of the molecule is CCCC#CCCc1cc(Cl)cc(C(C)C)c1OC. The molecule has 1 rings (SSSR count). The summed E-state index contributed by atoms with van der Waals surface area (Å²) in [6, 6.07) is 3.99. The highest BCUT2D eigenvalue weighted by molar-refractivity contribution is 6.30. The minimum Gasteiger partial charge on any atom is -0.496 e. The zero-order chi connectivity index (χ0) is 14.3. The van der Waals surface area contributed by atoms with Gasteiger partial charge in [0.05, 0.1) is 7.11 Å². The minimum absolute atomic E-state index is 0.401. The Kier molecular flexibility index (Phi) is 6.81. The van der Waals surface area contributed by atoms with Crippen molar-refractivity contribution >= 4 is 11.6 Å². The molecular weight excluding hydrogens is 256 g/mol. The topological polar surface area (TPSA) is 9.23 Å². The third kappa shape index (κ3) is 4.80. The highest BCUT2D eigenvalue weighted by Gasteiger charge is 2.13. The summed E-state index contributed by atoms with van der Waals surface area (Å²) in [6.07, 6.45) is 3.84. The number of rotatable bonds is 5. The van der Waals surface area contributed by atoms with Gasteiger partial charge in [-0.15, -0.1) is 11.8 Å². The molecule has 0 amide bonds. The van der Waals surface area contributed by atoms with Gasteiger partial charge >= 0.3 is 0 Å². The lowest BCUT2D eigenvalue weighted by molar-refractivity contribution is 0.402. The summed E-state index contributed by atoms with van der Waals surface area (Å²) in [7, 11) is 1.72. The van der Waals surface area contributed by atoms with Crippen LogP contribution < -0.4 is 4.74 Å². The van der Waals surface area contributed by atoms with Gasteiger partial charge in [-0.05, 0) is 42.0 Å². The van der Waals surface area contributed by atoms with Crippen molar-refractivity contribution in [3.05, 3.63) is 28.3 Å². The van der Waals surface area contributed by atoms with E-state index in [-0.39, 0.29) is 0 Å². The second-order valence-electron chi connectivity index (χ2n) is 4.95. The lowest BCUT2D eigenvalue weighted by Crippen LogP contribution is -1.99. The number of halogens is 1. The van der Waals surface area contributed by atoms with Gasteiger partial charge in [-0.1, -0.05) is 32.4 Å². The molecule has 0 fully saturated rings. The van der Waals surface area contributed by atoms with Gasteiger partial charge in [0.2, 0.25) is 0 Å². The molecule has 1 aromatic carbocycles. The first-order valence-corrected chi connectivity index (χ1v) is 7.30. The zero-order valence-corrected chi connectivity index (χ0v) is 13.1. The molecule has 1 nitrogen and oxygen atoms in total. The van der Waals surface area contributed by atoms with Crippen molar-refractivity contribution < 1.29 is 4.74 Å². The molecule has 0 aliphatic heterocycles. The highest BCUT2D eigenvalue weighted by atomic mass is 35.5. The fraction of sp³-hybridized carbons (Fsp3) is 0.529. The van der Waals surface area contributed by atoms with Gasteiger partial charge in [0, 0.05) is 17.9 Å². The molecule has 0 aliphatic rings. The standard InChI is InChI=1S/C17H23ClO/c1-5-6-7-8-9-10-14-11-15(18)12-16(13(2)3)17(14)19-4/h11-13H,5-6,9-10H2,1-4H3. The molecule has 19 heavy (non-hydrogen) atoms. The summed E-state index contributed by atoms with van der Waals surface area (Å²) in [5, 5.41) is 0.779. The number of benzene rings is 1. The van der Waals surface area contributed by atoms with Crippen molar-refractivity contribution in [3.8, 4) is 17.6 Å². The molecule has 0 unspecified atom stereocenters. The van der Waals surface area contributed by atoms with Crippen LogP contribution in [0.3, 0.4) is 0 Å². The summed E-state index contributed by atoms with van der Waals surface area (Å²) in [5.41, 5.74) is 2.33. The lowest BCUT2D eigenvalue weighted by Gasteiger charge is -2.16. The van der Waals surface area contributed by atoms with Crippen LogP contribution in [0.4, 0.5) is 0 Å². The Morgan fingerprint density at radius 3 is 2.47 bits per heavy atom. The third-order valence-electron chi connectivity index (χ3n) is 3.00. The molecule has 0 aliphatic carbocycles. The van der Waals surface area contributed by atoms with Crippen LogP contribution in [0, 0.1) is 11.8 Å². The van der Waals surface area contributed by atoms with Crippen LogP contribution in [-0.4, -0.2) is 7.11 Å². The maximum Gasteiger partial charge on any atom is 0.125 e. The number of hydrogen-bond acceptors (Lipinski definition) is 1. The van der Waals surface area contributed by atoms with Crippen molar-refractivity contribution in [2.45, 2.75) is 52.4 Å². The molecule has 0 spiro atoms. The van der Waals surface area contributed by atoms with Crippen LogP contribution in [0.15, 0.2) is 12.1 Å². The largest absolute Gasteiger partial charge is 0.496 e. The number of ether oxygens (including phenoxy) is 1. The molecule has 0 saturated heterocycles. The van der Waals surface area contributed by atoms with Crippen LogP contribution in [-0.2, 0) is 6.42 Å². The van der Waals surface area contributed by atoms with Gasteiger partial charge in [0.1, 0.15) is 5.75 Å². The Bertz CT molecular complexity index is 466. The summed E-state index contributed by atoms with van der Waals surface area (Å²) in [4.78, 5) is 0. The van der Waals surface area contributed by atoms with E-state index in [1.807, 2.05) is 12.1 Å². The molecule has 0 aromatic heterocycles. The third-order valence-corrected chi connectivity index (χ3v) is 3.22. The second kappa shape index (κ2) is 8.12. The maximum atomic E-state index is 6.19. The van der Waals surface area contributed by atoms with E-state index in [0.717, 1.165) is 42.0 Å². The summed E-state index contributed by atoms with van der Waals surface area (Å²) in [5.74, 6) is 7.75. The van der Waals surface area contributed by atoms with Crippen molar-refractivity contribution in [2.24, 2.45) is 0 Å². The first-order valence-electron chi connectivity index (χ1n) is 6.92. The van der Waals surface area contributed by atoms with E-state index in [4.69, 9.17) is 16.3 Å². The highest BCUT2D eigenvalue weighted by Crippen LogP contribution is 2.33. The fourth-order valence-corrected chi connectivity index (χ4v) is 2.28. The van der Waals surface area contributed by atoms with E-state index < -0.39 is 0 Å². The Labute approximate surface area is 122 Å². The predicted molar refractivity (Wildman–Crippen MR) is 83.1 cm³/mol. The molecule has 0 atom stereocenters. The van der Waals surface area contributed by atoms with E-state index >= 15 is 0 Å². The first kappa shape index (κ1) is 15.9. The number of hydrogen-bond donors (Lipinski definition) is 0. The van der Waals surface area contributed by atoms with Crippen LogP contribution in [0.5, 0.6) is 5.75 Å². The minimum atomic E-state index is 0.401. The summed E-state index contributed by atoms with van der Waals surface area (Å²) in [6.45, 7) is 6.45. The molecular formula is C17H23ClO. The molecule has 0 heterocycles. The average molecular weight is 279 g/mol. The van der Waals surface area contributed by atoms with E-state index in [0.29, 0.717) is 5.92 Å². The number of methoxy groups -OCH3 is 1. The van der Waals surface area contributed by atoms with E-state index in [1.165, 1.54) is 5.56 Å². The predicted octanol–water partition coefficient (Wildman–Crippen LogP) is 5.21. The normalized spacial score (nSPS) is 10.2. The molecule has 104 valence electrons. The van der Waals surface area contributed by atoms with Crippen molar-refractivity contribution in [1.82, 2.24) is 0 Å². The zero-order valence-electron chi connectivity index (χ0n) is 12.3. The fourth-order valence-electron chi connectivity index (χ4n) is 2.04. The maximum absolute atomic E-state index is 6.19. The van der Waals surface area contributed by atoms with E-state index in [9.17, 15) is 0 Å². The van der Waals surface area contributed by atoms with Gasteiger partial charge in [-0.25, -0.2) is 0 Å². The first-order chi connectivity index (χ1) is 9.10. The molecule has 2 heteroatoms. The Morgan fingerprint density at radius 1 is 1.21 bits per heavy atom. The number of unbranched alkanes of at least 4 members (excludes halogenated alkanes) is 1. The van der Waals surface area contributed by atoms with Crippen LogP contribution in [0.25, 0.3) is 0 Å². The van der Waals surface area contributed by atoms with Gasteiger partial charge in [0.25, 0.3) is 0 Å². The average Bonchev–Trinajstić information content (AvgIpc) is 2.37. The molecule has 1 aromatic rings. The van der Waals surface area contributed by atoms with Gasteiger partial charge in [-0.3, -0.25) is 0 Å². The monoisotopic (exact) mass is 278 g/mol. The Morgan fingerprint density at radius 2 is 1.89 bits per heavy atom. The molecule has 0 radical (unpaired) electrons. The van der Waals surface area contributed by atoms with Crippen LogP contribution in [0.2, 0.25) is 5.02 Å². The number of aryl methyl sites for hydroxylation is 1. The van der Waals surface area contributed by atoms with Crippen LogP contribution in [0.1, 0.15) is 57.1 Å². The van der Waals surface area contributed by atoms with E-state index in [2.05, 4.69) is 32.6 Å². The summed E-state index contributed by atoms with van der Waals surface area (Å²) >= 11 is 6.19. The molecule has 0 N–H and O–H groups in total. The Hall–Kier alpha value is -1.13. The van der Waals surface area contributed by atoms with Crippen molar-refractivity contribution in [1.29, 1.82) is 0 Å². The van der Waals surface area contributed by atoms with Crippen molar-refractivity contribution in [3.63, 3.8) is 0 Å². The van der Waals surface area contributed by atoms with Gasteiger partial charge in [-0.2, -0.15) is 0 Å². The van der Waals surface area contributed by atoms with E-state index in [1.54, 1.807) is 7.11 Å². The van der Waals surface area contributed by atoms with Crippen LogP contribution >= 0.6 is 11.6 Å².